The molecule has 0 amide bonds. The van der Waals surface area contributed by atoms with E-state index >= 15 is 0 Å². The zero-order chi connectivity index (χ0) is 13.7. The molecule has 0 aliphatic rings. The zero-order valence-electron chi connectivity index (χ0n) is 11.8. The van der Waals surface area contributed by atoms with Crippen LogP contribution < -0.4 is 15.2 Å². The minimum Gasteiger partial charge on any atom is -0.496 e. The molecule has 0 saturated heterocycles. The molecule has 1 rings (SSSR count). The Kier molecular flexibility index (Phi) is 5.82. The Morgan fingerprint density at radius 2 is 1.61 bits per heavy atom. The molecule has 1 aromatic carbocycles. The minimum atomic E-state index is 0.0800. The van der Waals surface area contributed by atoms with Crippen molar-refractivity contribution >= 4 is 11.8 Å². The first kappa shape index (κ1) is 15.2. The van der Waals surface area contributed by atoms with Crippen molar-refractivity contribution in [3.05, 3.63) is 17.7 Å². The fourth-order valence-corrected chi connectivity index (χ4v) is 2.72. The first-order chi connectivity index (χ1) is 8.47. The second kappa shape index (κ2) is 6.90. The third-order valence-corrected chi connectivity index (χ3v) is 3.46. The Balaban J connectivity index is 3.16. The molecule has 4 heteroatoms. The van der Waals surface area contributed by atoms with Gasteiger partial charge in [0.05, 0.1) is 14.2 Å². The number of hydrogen-bond acceptors (Lipinski definition) is 4. The summed E-state index contributed by atoms with van der Waals surface area (Å²) in [7, 11) is 3.37. The van der Waals surface area contributed by atoms with E-state index in [1.165, 1.54) is 0 Å². The molecule has 102 valence electrons. The van der Waals surface area contributed by atoms with Gasteiger partial charge in [-0.2, -0.15) is 0 Å². The molecule has 18 heavy (non-hydrogen) atoms. The number of hydrogen-bond donors (Lipinski definition) is 1. The molecular formula is C14H23NO2S. The molecule has 0 radical (unpaired) electrons. The van der Waals surface area contributed by atoms with Crippen molar-refractivity contribution < 1.29 is 9.47 Å². The molecule has 1 atom stereocenters. The third-order valence-electron chi connectivity index (χ3n) is 2.48. The van der Waals surface area contributed by atoms with Gasteiger partial charge in [-0.25, -0.2) is 0 Å². The largest absolute Gasteiger partial charge is 0.496 e. The summed E-state index contributed by atoms with van der Waals surface area (Å²) in [5.74, 6) is 1.71. The monoisotopic (exact) mass is 269 g/mol. The van der Waals surface area contributed by atoms with E-state index in [1.54, 1.807) is 26.0 Å². The summed E-state index contributed by atoms with van der Waals surface area (Å²) in [5, 5.41) is 0.527. The van der Waals surface area contributed by atoms with Crippen LogP contribution in [0.1, 0.15) is 26.3 Å². The van der Waals surface area contributed by atoms with Crippen molar-refractivity contribution in [2.75, 3.05) is 14.2 Å². The molecule has 0 aliphatic carbocycles. The fraction of sp³-hybridized carbons (Fsp3) is 0.571. The molecular weight excluding hydrogens is 246 g/mol. The van der Waals surface area contributed by atoms with Gasteiger partial charge in [-0.1, -0.05) is 13.8 Å². The lowest BCUT2D eigenvalue weighted by atomic mass is 10.1. The Morgan fingerprint density at radius 1 is 1.11 bits per heavy atom. The maximum Gasteiger partial charge on any atom is 0.126 e. The second-order valence-corrected chi connectivity index (χ2v) is 6.30. The molecule has 0 bridgehead atoms. The Morgan fingerprint density at radius 3 is 1.94 bits per heavy atom. The first-order valence-electron chi connectivity index (χ1n) is 6.15. The number of nitrogens with two attached hydrogens (primary N) is 1. The van der Waals surface area contributed by atoms with Crippen molar-refractivity contribution in [2.45, 2.75) is 43.4 Å². The fourth-order valence-electron chi connectivity index (χ4n) is 1.82. The van der Waals surface area contributed by atoms with Crippen LogP contribution in [-0.2, 0) is 6.42 Å². The van der Waals surface area contributed by atoms with Crippen LogP contribution in [-0.4, -0.2) is 25.5 Å². The topological polar surface area (TPSA) is 44.5 Å². The maximum atomic E-state index is 5.87. The van der Waals surface area contributed by atoms with E-state index in [-0.39, 0.29) is 6.04 Å². The van der Waals surface area contributed by atoms with Gasteiger partial charge in [-0.3, -0.25) is 0 Å². The van der Waals surface area contributed by atoms with Crippen LogP contribution in [0.3, 0.4) is 0 Å². The highest BCUT2D eigenvalue weighted by Crippen LogP contribution is 2.36. The van der Waals surface area contributed by atoms with Crippen molar-refractivity contribution in [2.24, 2.45) is 5.73 Å². The highest BCUT2D eigenvalue weighted by atomic mass is 32.2. The Bertz CT molecular complexity index is 366. The van der Waals surface area contributed by atoms with Crippen molar-refractivity contribution in [1.29, 1.82) is 0 Å². The number of thioether (sulfide) groups is 1. The first-order valence-corrected chi connectivity index (χ1v) is 7.03. The van der Waals surface area contributed by atoms with Crippen LogP contribution >= 0.6 is 11.8 Å². The van der Waals surface area contributed by atoms with Crippen LogP contribution in [0.5, 0.6) is 11.5 Å². The predicted octanol–water partition coefficient (Wildman–Crippen LogP) is 3.09. The van der Waals surface area contributed by atoms with Crippen LogP contribution in [0.4, 0.5) is 0 Å². The normalized spacial score (nSPS) is 12.6. The zero-order valence-corrected chi connectivity index (χ0v) is 12.6. The lowest BCUT2D eigenvalue weighted by Crippen LogP contribution is -2.18. The average Bonchev–Trinajstić information content (AvgIpc) is 2.29. The SMILES string of the molecule is COc1cc(SC(C)C)cc(OC)c1CC(C)N. The minimum absolute atomic E-state index is 0.0800. The molecule has 3 nitrogen and oxygen atoms in total. The predicted molar refractivity (Wildman–Crippen MR) is 77.9 cm³/mol. The van der Waals surface area contributed by atoms with E-state index in [9.17, 15) is 0 Å². The lowest BCUT2D eigenvalue weighted by molar-refractivity contribution is 0.381. The summed E-state index contributed by atoms with van der Waals surface area (Å²) >= 11 is 1.79. The van der Waals surface area contributed by atoms with E-state index < -0.39 is 0 Å². The average molecular weight is 269 g/mol. The third kappa shape index (κ3) is 4.10. The highest BCUT2D eigenvalue weighted by molar-refractivity contribution is 7.99. The number of methoxy groups -OCH3 is 2. The Hall–Kier alpha value is -0.870. The highest BCUT2D eigenvalue weighted by Gasteiger charge is 2.14. The summed E-state index contributed by atoms with van der Waals surface area (Å²) < 4.78 is 10.9. The number of benzene rings is 1. The molecule has 0 heterocycles. The lowest BCUT2D eigenvalue weighted by Gasteiger charge is -2.17. The Labute approximate surface area is 114 Å². The van der Waals surface area contributed by atoms with Crippen molar-refractivity contribution in [3.8, 4) is 11.5 Å². The van der Waals surface area contributed by atoms with Gasteiger partial charge in [-0.05, 0) is 25.5 Å². The van der Waals surface area contributed by atoms with Gasteiger partial charge in [0.15, 0.2) is 0 Å². The van der Waals surface area contributed by atoms with Gasteiger partial charge in [0.1, 0.15) is 11.5 Å². The summed E-state index contributed by atoms with van der Waals surface area (Å²) in [6, 6.07) is 4.20. The molecule has 0 fully saturated rings. The number of rotatable bonds is 6. The van der Waals surface area contributed by atoms with Gasteiger partial charge >= 0.3 is 0 Å². The van der Waals surface area contributed by atoms with E-state index in [0.29, 0.717) is 5.25 Å². The summed E-state index contributed by atoms with van der Waals surface area (Å²) in [5.41, 5.74) is 6.92. The van der Waals surface area contributed by atoms with Gasteiger partial charge in [0.2, 0.25) is 0 Å². The summed E-state index contributed by atoms with van der Waals surface area (Å²) in [6.07, 6.45) is 0.749. The van der Waals surface area contributed by atoms with Gasteiger partial charge in [-0.15, -0.1) is 11.8 Å². The van der Waals surface area contributed by atoms with E-state index in [4.69, 9.17) is 15.2 Å². The molecule has 0 aromatic heterocycles. The van der Waals surface area contributed by atoms with Crippen LogP contribution in [0.25, 0.3) is 0 Å². The van der Waals surface area contributed by atoms with Gasteiger partial charge in [0.25, 0.3) is 0 Å². The maximum absolute atomic E-state index is 5.87. The van der Waals surface area contributed by atoms with E-state index in [1.807, 2.05) is 6.92 Å². The van der Waals surface area contributed by atoms with E-state index in [0.717, 1.165) is 28.4 Å². The van der Waals surface area contributed by atoms with Crippen LogP contribution in [0.2, 0.25) is 0 Å². The van der Waals surface area contributed by atoms with Crippen molar-refractivity contribution in [3.63, 3.8) is 0 Å². The molecule has 0 aliphatic heterocycles. The van der Waals surface area contributed by atoms with Crippen molar-refractivity contribution in [1.82, 2.24) is 0 Å². The standard InChI is InChI=1S/C14H23NO2S/c1-9(2)18-11-7-13(16-4)12(6-10(3)15)14(8-11)17-5/h7-10H,6,15H2,1-5H3. The van der Waals surface area contributed by atoms with Crippen LogP contribution in [0.15, 0.2) is 17.0 Å². The molecule has 0 saturated carbocycles. The molecule has 1 aromatic rings. The quantitative estimate of drug-likeness (QED) is 0.806. The molecule has 0 spiro atoms. The smallest absolute Gasteiger partial charge is 0.126 e. The second-order valence-electron chi connectivity index (χ2n) is 4.65. The van der Waals surface area contributed by atoms with Gasteiger partial charge in [0, 0.05) is 21.8 Å². The summed E-state index contributed by atoms with van der Waals surface area (Å²) in [6.45, 7) is 6.31. The number of ether oxygens (including phenoxy) is 2. The molecule has 1 unspecified atom stereocenters. The van der Waals surface area contributed by atoms with E-state index in [2.05, 4.69) is 26.0 Å². The summed E-state index contributed by atoms with van der Waals surface area (Å²) in [4.78, 5) is 1.16. The molecule has 2 N–H and O–H groups in total. The van der Waals surface area contributed by atoms with Gasteiger partial charge < -0.3 is 15.2 Å². The van der Waals surface area contributed by atoms with Crippen LogP contribution in [0, 0.1) is 0 Å².